The summed E-state index contributed by atoms with van der Waals surface area (Å²) in [4.78, 5) is 30.3. The molecule has 2 N–H and O–H groups in total. The van der Waals surface area contributed by atoms with Crippen molar-refractivity contribution in [1.29, 1.82) is 0 Å². The second-order valence-electron chi connectivity index (χ2n) is 6.14. The molecular formula is C19H23FN4O2S. The van der Waals surface area contributed by atoms with E-state index in [-0.39, 0.29) is 28.6 Å². The lowest BCUT2D eigenvalue weighted by molar-refractivity contribution is -0.120. The Bertz CT molecular complexity index is 784. The summed E-state index contributed by atoms with van der Waals surface area (Å²) in [5.74, 6) is 0.210. The summed E-state index contributed by atoms with van der Waals surface area (Å²) in [6.07, 6.45) is 1.70. The number of thioether (sulfide) groups is 1. The van der Waals surface area contributed by atoms with Crippen molar-refractivity contribution in [3.63, 3.8) is 0 Å². The van der Waals surface area contributed by atoms with E-state index >= 15 is 0 Å². The monoisotopic (exact) mass is 390 g/mol. The Morgan fingerprint density at radius 2 is 1.93 bits per heavy atom. The van der Waals surface area contributed by atoms with Gasteiger partial charge in [0, 0.05) is 32.5 Å². The number of aromatic nitrogens is 1. The highest BCUT2D eigenvalue weighted by atomic mass is 32.2. The summed E-state index contributed by atoms with van der Waals surface area (Å²) in [5, 5.41) is 5.16. The molecule has 0 radical (unpaired) electrons. The van der Waals surface area contributed by atoms with Crippen molar-refractivity contribution >= 4 is 35.1 Å². The van der Waals surface area contributed by atoms with Crippen LogP contribution >= 0.6 is 11.8 Å². The molecule has 6 nitrogen and oxygen atoms in total. The summed E-state index contributed by atoms with van der Waals surface area (Å²) in [6.45, 7) is 2.15. The Morgan fingerprint density at radius 1 is 1.22 bits per heavy atom. The van der Waals surface area contributed by atoms with Crippen molar-refractivity contribution in [3.8, 4) is 0 Å². The zero-order chi connectivity index (χ0) is 19.8. The molecule has 1 heterocycles. The number of rotatable bonds is 8. The Hall–Kier alpha value is -2.61. The lowest BCUT2D eigenvalue weighted by Crippen LogP contribution is -2.31. The van der Waals surface area contributed by atoms with Crippen LogP contribution < -0.4 is 15.5 Å². The molecule has 1 aromatic carbocycles. The molecule has 2 amide bonds. The third-order valence-corrected chi connectivity index (χ3v) is 4.84. The van der Waals surface area contributed by atoms with Gasteiger partial charge in [-0.05, 0) is 48.9 Å². The third kappa shape index (κ3) is 6.90. The molecule has 8 heteroatoms. The highest BCUT2D eigenvalue weighted by molar-refractivity contribution is 8.01. The van der Waals surface area contributed by atoms with Crippen molar-refractivity contribution in [2.24, 2.45) is 0 Å². The fraction of sp³-hybridized carbons (Fsp3) is 0.316. The van der Waals surface area contributed by atoms with E-state index in [1.165, 1.54) is 36.0 Å². The number of nitrogens with one attached hydrogen (secondary N) is 2. The Morgan fingerprint density at radius 3 is 2.59 bits per heavy atom. The molecule has 144 valence electrons. The first kappa shape index (κ1) is 20.7. The molecule has 1 unspecified atom stereocenters. The van der Waals surface area contributed by atoms with Gasteiger partial charge in [-0.25, -0.2) is 9.37 Å². The van der Waals surface area contributed by atoms with Crippen LogP contribution in [0.25, 0.3) is 0 Å². The minimum absolute atomic E-state index is 0.131. The molecule has 0 saturated carbocycles. The molecule has 1 aromatic heterocycles. The van der Waals surface area contributed by atoms with E-state index in [4.69, 9.17) is 0 Å². The van der Waals surface area contributed by atoms with E-state index < -0.39 is 0 Å². The zero-order valence-corrected chi connectivity index (χ0v) is 16.3. The molecule has 0 spiro atoms. The lowest BCUT2D eigenvalue weighted by atomic mass is 10.2. The van der Waals surface area contributed by atoms with Crippen molar-refractivity contribution in [2.75, 3.05) is 30.1 Å². The number of pyridine rings is 1. The zero-order valence-electron chi connectivity index (χ0n) is 15.5. The van der Waals surface area contributed by atoms with Crippen LogP contribution in [0.5, 0.6) is 0 Å². The van der Waals surface area contributed by atoms with Gasteiger partial charge < -0.3 is 15.5 Å². The van der Waals surface area contributed by atoms with E-state index in [0.717, 1.165) is 11.4 Å². The van der Waals surface area contributed by atoms with E-state index in [2.05, 4.69) is 15.6 Å². The van der Waals surface area contributed by atoms with Gasteiger partial charge in [-0.2, -0.15) is 0 Å². The van der Waals surface area contributed by atoms with Crippen LogP contribution in [0, 0.1) is 5.82 Å². The van der Waals surface area contributed by atoms with Gasteiger partial charge in [-0.1, -0.05) is 0 Å². The predicted molar refractivity (Wildman–Crippen MR) is 107 cm³/mol. The van der Waals surface area contributed by atoms with E-state index in [1.807, 2.05) is 31.1 Å². The van der Waals surface area contributed by atoms with Crippen LogP contribution in [0.15, 0.2) is 42.6 Å². The number of halogens is 1. The first-order valence-electron chi connectivity index (χ1n) is 8.42. The molecule has 0 fully saturated rings. The Balaban J connectivity index is 1.75. The summed E-state index contributed by atoms with van der Waals surface area (Å²) in [5.41, 5.74) is 1.47. The average molecular weight is 390 g/mol. The molecule has 0 aliphatic rings. The van der Waals surface area contributed by atoms with Gasteiger partial charge in [0.25, 0.3) is 0 Å². The van der Waals surface area contributed by atoms with Gasteiger partial charge in [0.1, 0.15) is 11.6 Å². The molecular weight excluding hydrogens is 367 g/mol. The smallest absolute Gasteiger partial charge is 0.234 e. The van der Waals surface area contributed by atoms with Crippen LogP contribution in [-0.2, 0) is 16.1 Å². The van der Waals surface area contributed by atoms with Crippen LogP contribution in [-0.4, -0.2) is 41.9 Å². The first-order chi connectivity index (χ1) is 12.8. The number of anilines is 2. The number of nitrogens with zero attached hydrogens (tertiary/aromatic N) is 2. The number of benzene rings is 1. The number of carbonyl (C=O) groups is 2. The highest BCUT2D eigenvalue weighted by Crippen LogP contribution is 2.14. The maximum absolute atomic E-state index is 12.9. The molecule has 0 aliphatic carbocycles. The number of carbonyl (C=O) groups excluding carboxylic acids is 2. The number of amides is 2. The van der Waals surface area contributed by atoms with Gasteiger partial charge in [-0.3, -0.25) is 9.59 Å². The molecule has 0 bridgehead atoms. The van der Waals surface area contributed by atoms with Gasteiger partial charge in [0.05, 0.1) is 11.0 Å². The SMILES string of the molecule is CC(SCC(=O)Nc1ccc(F)cc1)C(=O)NCc1ccnc(N(C)C)c1. The van der Waals surface area contributed by atoms with E-state index in [1.54, 1.807) is 13.1 Å². The molecule has 2 aromatic rings. The quantitative estimate of drug-likeness (QED) is 0.725. The van der Waals surface area contributed by atoms with Crippen molar-refractivity contribution in [1.82, 2.24) is 10.3 Å². The molecule has 1 atom stereocenters. The van der Waals surface area contributed by atoms with E-state index in [9.17, 15) is 14.0 Å². The second-order valence-corrected chi connectivity index (χ2v) is 7.47. The summed E-state index contributed by atoms with van der Waals surface area (Å²) < 4.78 is 12.9. The summed E-state index contributed by atoms with van der Waals surface area (Å²) >= 11 is 1.24. The van der Waals surface area contributed by atoms with Gasteiger partial charge in [0.15, 0.2) is 0 Å². The van der Waals surface area contributed by atoms with Crippen LogP contribution in [0.1, 0.15) is 12.5 Å². The average Bonchev–Trinajstić information content (AvgIpc) is 2.66. The van der Waals surface area contributed by atoms with Gasteiger partial charge in [0.2, 0.25) is 11.8 Å². The highest BCUT2D eigenvalue weighted by Gasteiger charge is 2.15. The number of hydrogen-bond acceptors (Lipinski definition) is 5. The molecule has 0 saturated heterocycles. The molecule has 0 aliphatic heterocycles. The summed E-state index contributed by atoms with van der Waals surface area (Å²) in [7, 11) is 3.81. The van der Waals surface area contributed by atoms with Crippen LogP contribution in [0.4, 0.5) is 15.9 Å². The number of hydrogen-bond donors (Lipinski definition) is 2. The Labute approximate surface area is 162 Å². The Kier molecular flexibility index (Phi) is 7.60. The lowest BCUT2D eigenvalue weighted by Gasteiger charge is -2.14. The molecule has 2 rings (SSSR count). The normalized spacial score (nSPS) is 11.6. The second kappa shape index (κ2) is 9.91. The summed E-state index contributed by atoms with van der Waals surface area (Å²) in [6, 6.07) is 9.30. The predicted octanol–water partition coefficient (Wildman–Crippen LogP) is 2.66. The van der Waals surface area contributed by atoms with Crippen molar-refractivity contribution < 1.29 is 14.0 Å². The maximum Gasteiger partial charge on any atom is 0.234 e. The third-order valence-electron chi connectivity index (χ3n) is 3.70. The van der Waals surface area contributed by atoms with Crippen molar-refractivity contribution in [3.05, 3.63) is 54.0 Å². The van der Waals surface area contributed by atoms with Gasteiger partial charge in [-0.15, -0.1) is 11.8 Å². The molecule has 27 heavy (non-hydrogen) atoms. The minimum atomic E-state index is -0.376. The fourth-order valence-corrected chi connectivity index (χ4v) is 2.86. The van der Waals surface area contributed by atoms with Crippen LogP contribution in [0.3, 0.4) is 0 Å². The maximum atomic E-state index is 12.9. The standard InChI is InChI=1S/C19H23FN4O2S/c1-13(27-12-18(25)23-16-6-4-15(20)5-7-16)19(26)22-11-14-8-9-21-17(10-14)24(2)3/h4-10,13H,11-12H2,1-3H3,(H,22,26)(H,23,25). The minimum Gasteiger partial charge on any atom is -0.363 e. The van der Waals surface area contributed by atoms with Gasteiger partial charge >= 0.3 is 0 Å². The van der Waals surface area contributed by atoms with Crippen molar-refractivity contribution in [2.45, 2.75) is 18.7 Å². The first-order valence-corrected chi connectivity index (χ1v) is 9.47. The fourth-order valence-electron chi connectivity index (χ4n) is 2.15. The van der Waals surface area contributed by atoms with E-state index in [0.29, 0.717) is 12.2 Å². The van der Waals surface area contributed by atoms with Crippen LogP contribution in [0.2, 0.25) is 0 Å². The largest absolute Gasteiger partial charge is 0.363 e. The topological polar surface area (TPSA) is 74.3 Å².